The summed E-state index contributed by atoms with van der Waals surface area (Å²) in [4.78, 5) is 0. The van der Waals surface area contributed by atoms with Crippen LogP contribution in [0.5, 0.6) is 0 Å². The topological polar surface area (TPSA) is 26.0 Å². The fraction of sp³-hybridized carbons (Fsp3) is 0.538. The van der Waals surface area contributed by atoms with E-state index in [2.05, 4.69) is 28.1 Å². The number of halogens is 1. The van der Waals surface area contributed by atoms with Gasteiger partial charge in [0.1, 0.15) is 0 Å². The van der Waals surface area contributed by atoms with Gasteiger partial charge in [-0.25, -0.2) is 0 Å². The monoisotopic (exact) mass is 265 g/mol. The second-order valence-electron chi connectivity index (χ2n) is 5.10. The third-order valence-electron chi connectivity index (χ3n) is 3.71. The van der Waals surface area contributed by atoms with Crippen molar-refractivity contribution in [3.05, 3.63) is 33.3 Å². The lowest BCUT2D eigenvalue weighted by Gasteiger charge is -2.13. The molecule has 1 aromatic carbocycles. The SMILES string of the molecule is NC1(Cc2cc(Br)cc3c2CCC3)CC1. The molecule has 0 spiro atoms. The van der Waals surface area contributed by atoms with E-state index in [0.717, 1.165) is 6.42 Å². The van der Waals surface area contributed by atoms with Crippen molar-refractivity contribution < 1.29 is 0 Å². The largest absolute Gasteiger partial charge is 0.325 e. The van der Waals surface area contributed by atoms with Crippen LogP contribution in [-0.2, 0) is 19.3 Å². The van der Waals surface area contributed by atoms with Crippen LogP contribution in [0.4, 0.5) is 0 Å². The number of fused-ring (bicyclic) bond motifs is 1. The van der Waals surface area contributed by atoms with Crippen LogP contribution in [0, 0.1) is 0 Å². The number of hydrogen-bond acceptors (Lipinski definition) is 1. The van der Waals surface area contributed by atoms with E-state index >= 15 is 0 Å². The maximum atomic E-state index is 6.21. The molecule has 0 heterocycles. The molecular weight excluding hydrogens is 250 g/mol. The molecule has 0 radical (unpaired) electrons. The fourth-order valence-corrected chi connectivity index (χ4v) is 3.18. The number of hydrogen-bond donors (Lipinski definition) is 1. The molecule has 2 aliphatic carbocycles. The van der Waals surface area contributed by atoms with Crippen LogP contribution in [0.25, 0.3) is 0 Å². The van der Waals surface area contributed by atoms with Gasteiger partial charge in [-0.05, 0) is 67.3 Å². The third-order valence-corrected chi connectivity index (χ3v) is 4.16. The zero-order chi connectivity index (χ0) is 10.5. The summed E-state index contributed by atoms with van der Waals surface area (Å²) in [6.45, 7) is 0. The minimum Gasteiger partial charge on any atom is -0.325 e. The predicted molar refractivity (Wildman–Crippen MR) is 66.0 cm³/mol. The molecule has 0 saturated heterocycles. The van der Waals surface area contributed by atoms with Gasteiger partial charge in [0.25, 0.3) is 0 Å². The summed E-state index contributed by atoms with van der Waals surface area (Å²) in [5.41, 5.74) is 11.0. The van der Waals surface area contributed by atoms with E-state index in [9.17, 15) is 0 Å². The predicted octanol–water partition coefficient (Wildman–Crippen LogP) is 2.97. The van der Waals surface area contributed by atoms with E-state index in [1.165, 1.54) is 42.1 Å². The summed E-state index contributed by atoms with van der Waals surface area (Å²) in [5.74, 6) is 0. The Morgan fingerprint density at radius 1 is 1.27 bits per heavy atom. The van der Waals surface area contributed by atoms with Crippen molar-refractivity contribution in [2.45, 2.75) is 44.1 Å². The zero-order valence-electron chi connectivity index (χ0n) is 8.85. The molecule has 0 bridgehead atoms. The standard InChI is InChI=1S/C13H16BrN/c14-11-6-9-2-1-3-12(9)10(7-11)8-13(15)4-5-13/h6-7H,1-5,8,15H2. The molecule has 0 unspecified atom stereocenters. The molecule has 0 aliphatic heterocycles. The molecule has 2 aliphatic rings. The summed E-state index contributed by atoms with van der Waals surface area (Å²) in [5, 5.41) is 0. The average molecular weight is 266 g/mol. The van der Waals surface area contributed by atoms with E-state index < -0.39 is 0 Å². The Hall–Kier alpha value is -0.340. The molecule has 0 amide bonds. The molecular formula is C13H16BrN. The molecule has 15 heavy (non-hydrogen) atoms. The summed E-state index contributed by atoms with van der Waals surface area (Å²) >= 11 is 3.60. The summed E-state index contributed by atoms with van der Waals surface area (Å²) in [7, 11) is 0. The molecule has 2 N–H and O–H groups in total. The van der Waals surface area contributed by atoms with Crippen molar-refractivity contribution in [1.29, 1.82) is 0 Å². The Balaban J connectivity index is 1.99. The lowest BCUT2D eigenvalue weighted by molar-refractivity contribution is 0.667. The van der Waals surface area contributed by atoms with Crippen molar-refractivity contribution in [2.75, 3.05) is 0 Å². The average Bonchev–Trinajstić information content (AvgIpc) is 2.73. The van der Waals surface area contributed by atoms with E-state index in [1.54, 1.807) is 11.1 Å². The lowest BCUT2D eigenvalue weighted by atomic mass is 9.97. The Kier molecular flexibility index (Phi) is 2.18. The number of benzene rings is 1. The van der Waals surface area contributed by atoms with E-state index in [-0.39, 0.29) is 5.54 Å². The minimum absolute atomic E-state index is 0.136. The van der Waals surface area contributed by atoms with Crippen LogP contribution < -0.4 is 5.73 Å². The van der Waals surface area contributed by atoms with Gasteiger partial charge in [-0.1, -0.05) is 15.9 Å². The van der Waals surface area contributed by atoms with Crippen LogP contribution in [0.2, 0.25) is 0 Å². The Labute approximate surface area is 99.2 Å². The van der Waals surface area contributed by atoms with E-state index in [4.69, 9.17) is 5.73 Å². The molecule has 1 saturated carbocycles. The fourth-order valence-electron chi connectivity index (χ4n) is 2.63. The zero-order valence-corrected chi connectivity index (χ0v) is 10.4. The molecule has 0 aromatic heterocycles. The van der Waals surface area contributed by atoms with Crippen molar-refractivity contribution in [1.82, 2.24) is 0 Å². The van der Waals surface area contributed by atoms with E-state index in [1.807, 2.05) is 0 Å². The Morgan fingerprint density at radius 3 is 2.80 bits per heavy atom. The summed E-state index contributed by atoms with van der Waals surface area (Å²) in [6, 6.07) is 4.55. The van der Waals surface area contributed by atoms with Crippen molar-refractivity contribution >= 4 is 15.9 Å². The van der Waals surface area contributed by atoms with Crippen LogP contribution >= 0.6 is 15.9 Å². The first kappa shape index (κ1) is 9.86. The van der Waals surface area contributed by atoms with Gasteiger partial charge in [0.15, 0.2) is 0 Å². The first-order valence-electron chi connectivity index (χ1n) is 5.75. The molecule has 1 nitrogen and oxygen atoms in total. The first-order chi connectivity index (χ1) is 7.16. The molecule has 3 rings (SSSR count). The molecule has 1 aromatic rings. The maximum Gasteiger partial charge on any atom is 0.0196 e. The molecule has 2 heteroatoms. The smallest absolute Gasteiger partial charge is 0.0196 e. The van der Waals surface area contributed by atoms with Gasteiger partial charge in [0.05, 0.1) is 0 Å². The second-order valence-corrected chi connectivity index (χ2v) is 6.01. The highest BCUT2D eigenvalue weighted by molar-refractivity contribution is 9.10. The van der Waals surface area contributed by atoms with E-state index in [0.29, 0.717) is 0 Å². The van der Waals surface area contributed by atoms with Crippen LogP contribution in [0.15, 0.2) is 16.6 Å². The van der Waals surface area contributed by atoms with Crippen LogP contribution in [0.1, 0.15) is 36.0 Å². The Morgan fingerprint density at radius 2 is 2.07 bits per heavy atom. The maximum absolute atomic E-state index is 6.21. The summed E-state index contributed by atoms with van der Waals surface area (Å²) < 4.78 is 1.22. The molecule has 1 fully saturated rings. The van der Waals surface area contributed by atoms with Gasteiger partial charge < -0.3 is 5.73 Å². The van der Waals surface area contributed by atoms with Gasteiger partial charge in [0, 0.05) is 10.0 Å². The van der Waals surface area contributed by atoms with Gasteiger partial charge in [-0.15, -0.1) is 0 Å². The molecule has 80 valence electrons. The Bertz CT molecular complexity index is 407. The third kappa shape index (κ3) is 1.85. The summed E-state index contributed by atoms with van der Waals surface area (Å²) in [6.07, 6.45) is 7.31. The van der Waals surface area contributed by atoms with Gasteiger partial charge >= 0.3 is 0 Å². The normalized spacial score (nSPS) is 21.5. The lowest BCUT2D eigenvalue weighted by Crippen LogP contribution is -2.25. The molecule has 0 atom stereocenters. The van der Waals surface area contributed by atoms with Gasteiger partial charge in [-0.3, -0.25) is 0 Å². The first-order valence-corrected chi connectivity index (χ1v) is 6.55. The minimum atomic E-state index is 0.136. The van der Waals surface area contributed by atoms with Crippen molar-refractivity contribution in [3.8, 4) is 0 Å². The van der Waals surface area contributed by atoms with Crippen LogP contribution in [-0.4, -0.2) is 5.54 Å². The highest BCUT2D eigenvalue weighted by atomic mass is 79.9. The van der Waals surface area contributed by atoms with Crippen molar-refractivity contribution in [3.63, 3.8) is 0 Å². The number of rotatable bonds is 2. The van der Waals surface area contributed by atoms with Gasteiger partial charge in [0.2, 0.25) is 0 Å². The van der Waals surface area contributed by atoms with Crippen molar-refractivity contribution in [2.24, 2.45) is 5.73 Å². The number of aryl methyl sites for hydroxylation is 1. The van der Waals surface area contributed by atoms with Gasteiger partial charge in [-0.2, -0.15) is 0 Å². The quantitative estimate of drug-likeness (QED) is 0.875. The number of nitrogens with two attached hydrogens (primary N) is 1. The highest BCUT2D eigenvalue weighted by Crippen LogP contribution is 2.39. The van der Waals surface area contributed by atoms with Crippen LogP contribution in [0.3, 0.4) is 0 Å². The second kappa shape index (κ2) is 3.33. The highest BCUT2D eigenvalue weighted by Gasteiger charge is 2.38.